The standard InChI is InChI=1S/C26H24FN3OS/c1-26(2,3)19-12-10-17(11-13-19)24(31)28-21-8-4-6-18(14-21)23-16-32-25(30-23)29-22-9-5-7-20(27)15-22/h4-16H,1-3H3,(H,28,31)(H,29,30). The lowest BCUT2D eigenvalue weighted by atomic mass is 9.87. The van der Waals surface area contributed by atoms with Crippen molar-refractivity contribution in [1.82, 2.24) is 4.98 Å². The van der Waals surface area contributed by atoms with Gasteiger partial charge in [0, 0.05) is 27.9 Å². The Morgan fingerprint density at radius 1 is 0.938 bits per heavy atom. The average molecular weight is 446 g/mol. The van der Waals surface area contributed by atoms with Crippen LogP contribution in [0.1, 0.15) is 36.7 Å². The van der Waals surface area contributed by atoms with E-state index in [0.717, 1.165) is 11.3 Å². The first-order valence-corrected chi connectivity index (χ1v) is 11.2. The number of aromatic nitrogens is 1. The molecule has 0 aliphatic rings. The lowest BCUT2D eigenvalue weighted by Gasteiger charge is -2.19. The van der Waals surface area contributed by atoms with Crippen molar-refractivity contribution in [3.63, 3.8) is 0 Å². The van der Waals surface area contributed by atoms with Crippen LogP contribution >= 0.6 is 11.3 Å². The fourth-order valence-corrected chi connectivity index (χ4v) is 3.97. The number of nitrogens with one attached hydrogen (secondary N) is 2. The molecule has 3 aromatic carbocycles. The molecule has 162 valence electrons. The van der Waals surface area contributed by atoms with Gasteiger partial charge in [0.25, 0.3) is 5.91 Å². The van der Waals surface area contributed by atoms with Crippen LogP contribution in [0.15, 0.2) is 78.2 Å². The summed E-state index contributed by atoms with van der Waals surface area (Å²) in [6.45, 7) is 6.43. The van der Waals surface area contributed by atoms with E-state index in [9.17, 15) is 9.18 Å². The number of anilines is 3. The van der Waals surface area contributed by atoms with Crippen LogP contribution < -0.4 is 10.6 Å². The molecule has 4 nitrogen and oxygen atoms in total. The predicted molar refractivity (Wildman–Crippen MR) is 130 cm³/mol. The van der Waals surface area contributed by atoms with Crippen molar-refractivity contribution < 1.29 is 9.18 Å². The number of rotatable bonds is 5. The van der Waals surface area contributed by atoms with E-state index >= 15 is 0 Å². The zero-order valence-corrected chi connectivity index (χ0v) is 19.0. The molecule has 6 heteroatoms. The van der Waals surface area contributed by atoms with E-state index in [1.54, 1.807) is 12.1 Å². The summed E-state index contributed by atoms with van der Waals surface area (Å²) < 4.78 is 13.4. The molecule has 0 fully saturated rings. The van der Waals surface area contributed by atoms with Gasteiger partial charge in [0.15, 0.2) is 5.13 Å². The number of benzene rings is 3. The summed E-state index contributed by atoms with van der Waals surface area (Å²) >= 11 is 1.43. The SMILES string of the molecule is CC(C)(C)c1ccc(C(=O)Nc2cccc(-c3csc(Nc4cccc(F)c4)n3)c2)cc1. The molecule has 4 rings (SSSR count). The van der Waals surface area contributed by atoms with Crippen LogP contribution in [-0.2, 0) is 5.41 Å². The van der Waals surface area contributed by atoms with E-state index in [4.69, 9.17) is 0 Å². The first-order valence-electron chi connectivity index (χ1n) is 10.3. The first-order chi connectivity index (χ1) is 15.3. The highest BCUT2D eigenvalue weighted by atomic mass is 32.1. The van der Waals surface area contributed by atoms with Crippen LogP contribution in [0.5, 0.6) is 0 Å². The minimum Gasteiger partial charge on any atom is -0.331 e. The van der Waals surface area contributed by atoms with Crippen molar-refractivity contribution in [3.8, 4) is 11.3 Å². The van der Waals surface area contributed by atoms with Gasteiger partial charge in [0.1, 0.15) is 5.82 Å². The number of amides is 1. The summed E-state index contributed by atoms with van der Waals surface area (Å²) in [5.74, 6) is -0.461. The highest BCUT2D eigenvalue weighted by Crippen LogP contribution is 2.29. The number of nitrogens with zero attached hydrogens (tertiary/aromatic N) is 1. The molecule has 0 saturated heterocycles. The zero-order valence-electron chi connectivity index (χ0n) is 18.1. The molecule has 0 aliphatic carbocycles. The number of thiazole rings is 1. The summed E-state index contributed by atoms with van der Waals surface area (Å²) in [7, 11) is 0. The fourth-order valence-electron chi connectivity index (χ4n) is 3.23. The van der Waals surface area contributed by atoms with Crippen LogP contribution in [0.25, 0.3) is 11.3 Å². The Morgan fingerprint density at radius 2 is 1.66 bits per heavy atom. The van der Waals surface area contributed by atoms with Gasteiger partial charge in [-0.3, -0.25) is 4.79 Å². The molecule has 0 bridgehead atoms. The van der Waals surface area contributed by atoms with Crippen molar-refractivity contribution in [3.05, 3.63) is 95.1 Å². The largest absolute Gasteiger partial charge is 0.331 e. The molecule has 2 N–H and O–H groups in total. The Hall–Kier alpha value is -3.51. The molecule has 1 heterocycles. The fraction of sp³-hybridized carbons (Fsp3) is 0.154. The Balaban J connectivity index is 1.47. The number of carbonyl (C=O) groups is 1. The second-order valence-electron chi connectivity index (χ2n) is 8.54. The average Bonchev–Trinajstić information content (AvgIpc) is 3.22. The molecule has 0 radical (unpaired) electrons. The molecular formula is C26H24FN3OS. The number of hydrogen-bond acceptors (Lipinski definition) is 4. The quantitative estimate of drug-likeness (QED) is 0.340. The third-order valence-electron chi connectivity index (χ3n) is 5.01. The molecule has 1 aromatic heterocycles. The predicted octanol–water partition coefficient (Wildman–Crippen LogP) is 7.24. The normalized spacial score (nSPS) is 11.2. The van der Waals surface area contributed by atoms with Gasteiger partial charge in [-0.2, -0.15) is 0 Å². The lowest BCUT2D eigenvalue weighted by Crippen LogP contribution is -2.14. The summed E-state index contributed by atoms with van der Waals surface area (Å²) in [6.07, 6.45) is 0. The molecular weight excluding hydrogens is 421 g/mol. The maximum Gasteiger partial charge on any atom is 0.255 e. The van der Waals surface area contributed by atoms with Crippen molar-refractivity contribution in [2.45, 2.75) is 26.2 Å². The number of hydrogen-bond donors (Lipinski definition) is 2. The topological polar surface area (TPSA) is 54.0 Å². The molecule has 0 aliphatic heterocycles. The van der Waals surface area contributed by atoms with Crippen molar-refractivity contribution in [2.75, 3.05) is 10.6 Å². The minimum atomic E-state index is -0.303. The van der Waals surface area contributed by atoms with Crippen molar-refractivity contribution in [2.24, 2.45) is 0 Å². The van der Waals surface area contributed by atoms with Gasteiger partial charge in [-0.25, -0.2) is 9.37 Å². The van der Waals surface area contributed by atoms with Gasteiger partial charge in [-0.1, -0.05) is 51.1 Å². The second kappa shape index (κ2) is 8.93. The van der Waals surface area contributed by atoms with Gasteiger partial charge >= 0.3 is 0 Å². The molecule has 0 spiro atoms. The maximum atomic E-state index is 13.4. The Kier molecular flexibility index (Phi) is 6.06. The van der Waals surface area contributed by atoms with Crippen LogP contribution in [-0.4, -0.2) is 10.9 Å². The van der Waals surface area contributed by atoms with Crippen LogP contribution in [0.4, 0.5) is 20.9 Å². The zero-order chi connectivity index (χ0) is 22.7. The van der Waals surface area contributed by atoms with Gasteiger partial charge in [-0.15, -0.1) is 11.3 Å². The first kappa shape index (κ1) is 21.7. The monoisotopic (exact) mass is 445 g/mol. The summed E-state index contributed by atoms with van der Waals surface area (Å²) in [5, 5.41) is 8.66. The van der Waals surface area contributed by atoms with E-state index in [1.165, 1.54) is 29.0 Å². The lowest BCUT2D eigenvalue weighted by molar-refractivity contribution is 0.102. The Morgan fingerprint density at radius 3 is 2.38 bits per heavy atom. The molecule has 4 aromatic rings. The van der Waals surface area contributed by atoms with Gasteiger partial charge in [-0.05, 0) is 53.4 Å². The maximum absolute atomic E-state index is 13.4. The van der Waals surface area contributed by atoms with E-state index in [0.29, 0.717) is 22.1 Å². The molecule has 0 saturated carbocycles. The summed E-state index contributed by atoms with van der Waals surface area (Å²) in [5.41, 5.74) is 4.83. The number of carbonyl (C=O) groups excluding carboxylic acids is 1. The van der Waals surface area contributed by atoms with Gasteiger partial charge < -0.3 is 10.6 Å². The van der Waals surface area contributed by atoms with Crippen LogP contribution in [0.2, 0.25) is 0 Å². The molecule has 1 amide bonds. The van der Waals surface area contributed by atoms with Gasteiger partial charge in [0.05, 0.1) is 5.69 Å². The number of halogens is 1. The Labute approximate surface area is 191 Å². The minimum absolute atomic E-state index is 0.0409. The summed E-state index contributed by atoms with van der Waals surface area (Å²) in [4.78, 5) is 17.3. The van der Waals surface area contributed by atoms with E-state index in [-0.39, 0.29) is 17.1 Å². The second-order valence-corrected chi connectivity index (χ2v) is 9.39. The smallest absolute Gasteiger partial charge is 0.255 e. The highest BCUT2D eigenvalue weighted by molar-refractivity contribution is 7.14. The third-order valence-corrected chi connectivity index (χ3v) is 5.77. The third kappa shape index (κ3) is 5.21. The Bertz CT molecular complexity index is 1240. The van der Waals surface area contributed by atoms with E-state index < -0.39 is 0 Å². The molecule has 32 heavy (non-hydrogen) atoms. The van der Waals surface area contributed by atoms with E-state index in [1.807, 2.05) is 53.9 Å². The molecule has 0 atom stereocenters. The van der Waals surface area contributed by atoms with Crippen LogP contribution in [0.3, 0.4) is 0 Å². The van der Waals surface area contributed by atoms with E-state index in [2.05, 4.69) is 36.4 Å². The van der Waals surface area contributed by atoms with Crippen molar-refractivity contribution >= 4 is 33.8 Å². The highest BCUT2D eigenvalue weighted by Gasteiger charge is 2.14. The van der Waals surface area contributed by atoms with Gasteiger partial charge in [0.2, 0.25) is 0 Å². The summed E-state index contributed by atoms with van der Waals surface area (Å²) in [6, 6.07) is 21.5. The van der Waals surface area contributed by atoms with Crippen LogP contribution in [0, 0.1) is 5.82 Å². The van der Waals surface area contributed by atoms with Crippen molar-refractivity contribution in [1.29, 1.82) is 0 Å². The molecule has 0 unspecified atom stereocenters.